The summed E-state index contributed by atoms with van der Waals surface area (Å²) in [7, 11) is 0. The topological polar surface area (TPSA) is 70.5 Å². The number of carbonyl (C=O) groups is 2. The molecule has 0 saturated carbocycles. The van der Waals surface area contributed by atoms with Crippen LogP contribution >= 0.6 is 23.2 Å². The van der Waals surface area contributed by atoms with Gasteiger partial charge in [-0.1, -0.05) is 23.2 Å². The van der Waals surface area contributed by atoms with Gasteiger partial charge in [-0.3, -0.25) is 19.5 Å². The second-order valence-electron chi connectivity index (χ2n) is 6.55. The van der Waals surface area contributed by atoms with Crippen LogP contribution < -0.4 is 4.90 Å². The van der Waals surface area contributed by atoms with Crippen molar-refractivity contribution in [2.24, 2.45) is 0 Å². The van der Waals surface area contributed by atoms with Crippen LogP contribution in [0.15, 0.2) is 72.6 Å². The predicted octanol–water partition coefficient (Wildman–Crippen LogP) is 5.15. The highest BCUT2D eigenvalue weighted by molar-refractivity contribution is 6.51. The highest BCUT2D eigenvalue weighted by Crippen LogP contribution is 2.42. The molecular formula is C22H13Cl2FN2O3. The normalized spacial score (nSPS) is 18.1. The van der Waals surface area contributed by atoms with Crippen molar-refractivity contribution in [1.29, 1.82) is 0 Å². The van der Waals surface area contributed by atoms with Gasteiger partial charge in [0.25, 0.3) is 11.7 Å². The third-order valence-corrected chi connectivity index (χ3v) is 5.50. The molecule has 30 heavy (non-hydrogen) atoms. The van der Waals surface area contributed by atoms with E-state index in [4.69, 9.17) is 23.2 Å². The number of carbonyl (C=O) groups excluding carboxylic acids is 2. The van der Waals surface area contributed by atoms with Crippen LogP contribution in [0.25, 0.3) is 5.76 Å². The molecule has 8 heteroatoms. The Hall–Kier alpha value is -3.22. The zero-order chi connectivity index (χ0) is 21.4. The summed E-state index contributed by atoms with van der Waals surface area (Å²) in [6, 6.07) is 11.9. The van der Waals surface area contributed by atoms with Gasteiger partial charge in [0.05, 0.1) is 21.7 Å². The first-order chi connectivity index (χ1) is 14.4. The molecule has 1 aromatic heterocycles. The van der Waals surface area contributed by atoms with Crippen LogP contribution in [0.4, 0.5) is 10.1 Å². The molecule has 2 aromatic carbocycles. The number of pyridine rings is 1. The van der Waals surface area contributed by atoms with Crippen molar-refractivity contribution in [1.82, 2.24) is 4.98 Å². The van der Waals surface area contributed by atoms with Crippen molar-refractivity contribution < 1.29 is 19.1 Å². The maximum Gasteiger partial charge on any atom is 0.300 e. The van der Waals surface area contributed by atoms with Gasteiger partial charge in [-0.2, -0.15) is 0 Å². The van der Waals surface area contributed by atoms with Crippen LogP contribution in [-0.2, 0) is 9.59 Å². The summed E-state index contributed by atoms with van der Waals surface area (Å²) < 4.78 is 13.4. The summed E-state index contributed by atoms with van der Waals surface area (Å²) in [5.41, 5.74) is 0.984. The first-order valence-corrected chi connectivity index (χ1v) is 9.56. The summed E-state index contributed by atoms with van der Waals surface area (Å²) >= 11 is 12.0. The molecule has 0 aliphatic carbocycles. The average Bonchev–Trinajstić information content (AvgIpc) is 3.02. The Morgan fingerprint density at radius 1 is 0.967 bits per heavy atom. The summed E-state index contributed by atoms with van der Waals surface area (Å²) in [5, 5.41) is 11.4. The predicted molar refractivity (Wildman–Crippen MR) is 112 cm³/mol. The van der Waals surface area contributed by atoms with Gasteiger partial charge in [-0.25, -0.2) is 4.39 Å². The molecule has 4 rings (SSSR count). The average molecular weight is 443 g/mol. The summed E-state index contributed by atoms with van der Waals surface area (Å²) in [6.07, 6.45) is 3.03. The largest absolute Gasteiger partial charge is 0.507 e. The van der Waals surface area contributed by atoms with Crippen LogP contribution in [0.2, 0.25) is 10.0 Å². The van der Waals surface area contributed by atoms with E-state index >= 15 is 0 Å². The summed E-state index contributed by atoms with van der Waals surface area (Å²) in [4.78, 5) is 31.1. The number of hydrogen-bond donors (Lipinski definition) is 1. The van der Waals surface area contributed by atoms with Gasteiger partial charge in [0, 0.05) is 23.6 Å². The Labute approximate surface area is 181 Å². The number of ketones is 1. The van der Waals surface area contributed by atoms with Crippen LogP contribution in [0, 0.1) is 5.82 Å². The standard InChI is InChI=1S/C22H13Cl2FN2O3/c23-16-6-1-13(11-17(16)24)20(28)18-19(12-7-9-26-10-8-12)27(22(30)21(18)29)15-4-2-14(25)3-5-15/h1-11,19,28H/b20-18-. The number of Topliss-reactive ketones (excluding diaryl/α,β-unsaturated/α-hetero) is 1. The molecule has 1 aliphatic rings. The molecule has 0 spiro atoms. The Balaban J connectivity index is 1.94. The highest BCUT2D eigenvalue weighted by Gasteiger charge is 2.47. The number of aromatic nitrogens is 1. The third-order valence-electron chi connectivity index (χ3n) is 4.76. The smallest absolute Gasteiger partial charge is 0.300 e. The molecule has 1 amide bonds. The van der Waals surface area contributed by atoms with Crippen molar-refractivity contribution in [3.05, 3.63) is 99.6 Å². The fourth-order valence-electron chi connectivity index (χ4n) is 3.36. The number of halogens is 3. The molecule has 1 aliphatic heterocycles. The highest BCUT2D eigenvalue weighted by atomic mass is 35.5. The minimum atomic E-state index is -0.937. The molecule has 1 fully saturated rings. The van der Waals surface area contributed by atoms with Gasteiger partial charge in [0.2, 0.25) is 0 Å². The van der Waals surface area contributed by atoms with E-state index in [1.807, 2.05) is 0 Å². The first-order valence-electron chi connectivity index (χ1n) is 8.80. The molecule has 1 saturated heterocycles. The number of anilines is 1. The van der Waals surface area contributed by atoms with Crippen molar-refractivity contribution >= 4 is 46.3 Å². The lowest BCUT2D eigenvalue weighted by Gasteiger charge is -2.25. The summed E-state index contributed by atoms with van der Waals surface area (Å²) in [6.45, 7) is 0. The van der Waals surface area contributed by atoms with Crippen molar-refractivity contribution in [3.63, 3.8) is 0 Å². The zero-order valence-electron chi connectivity index (χ0n) is 15.2. The number of aliphatic hydroxyl groups is 1. The van der Waals surface area contributed by atoms with Crippen LogP contribution in [-0.4, -0.2) is 21.8 Å². The number of amides is 1. The van der Waals surface area contributed by atoms with E-state index in [0.29, 0.717) is 11.3 Å². The molecule has 2 heterocycles. The molecule has 0 bridgehead atoms. The zero-order valence-corrected chi connectivity index (χ0v) is 16.7. The van der Waals surface area contributed by atoms with Gasteiger partial charge in [0.15, 0.2) is 0 Å². The molecule has 0 radical (unpaired) electrons. The molecular weight excluding hydrogens is 430 g/mol. The third kappa shape index (κ3) is 3.44. The van der Waals surface area contributed by atoms with Crippen LogP contribution in [0.5, 0.6) is 0 Å². The second-order valence-corrected chi connectivity index (χ2v) is 7.37. The lowest BCUT2D eigenvalue weighted by atomic mass is 9.96. The van der Waals surface area contributed by atoms with Crippen LogP contribution in [0.1, 0.15) is 17.2 Å². The van der Waals surface area contributed by atoms with Gasteiger partial charge >= 0.3 is 0 Å². The van der Waals surface area contributed by atoms with E-state index in [1.54, 1.807) is 12.1 Å². The van der Waals surface area contributed by atoms with Gasteiger partial charge in [-0.05, 0) is 60.2 Å². The Bertz CT molecular complexity index is 1180. The molecule has 1 atom stereocenters. The van der Waals surface area contributed by atoms with Crippen molar-refractivity contribution in [3.8, 4) is 0 Å². The Kier molecular flexibility index (Phi) is 5.28. The monoisotopic (exact) mass is 442 g/mol. The van der Waals surface area contributed by atoms with E-state index in [2.05, 4.69) is 4.98 Å². The molecule has 1 N–H and O–H groups in total. The number of aliphatic hydroxyl groups excluding tert-OH is 1. The van der Waals surface area contributed by atoms with E-state index in [9.17, 15) is 19.1 Å². The van der Waals surface area contributed by atoms with Crippen LogP contribution in [0.3, 0.4) is 0 Å². The summed E-state index contributed by atoms with van der Waals surface area (Å²) in [5.74, 6) is -2.58. The molecule has 5 nitrogen and oxygen atoms in total. The van der Waals surface area contributed by atoms with Gasteiger partial charge in [0.1, 0.15) is 11.6 Å². The van der Waals surface area contributed by atoms with Crippen molar-refractivity contribution in [2.45, 2.75) is 6.04 Å². The minimum Gasteiger partial charge on any atom is -0.507 e. The molecule has 150 valence electrons. The van der Waals surface area contributed by atoms with E-state index < -0.39 is 29.3 Å². The maximum atomic E-state index is 13.4. The fourth-order valence-corrected chi connectivity index (χ4v) is 3.66. The number of hydrogen-bond acceptors (Lipinski definition) is 4. The second kappa shape index (κ2) is 7.89. The van der Waals surface area contributed by atoms with E-state index in [0.717, 1.165) is 0 Å². The maximum absolute atomic E-state index is 13.4. The first kappa shape index (κ1) is 20.1. The van der Waals surface area contributed by atoms with Crippen molar-refractivity contribution in [2.75, 3.05) is 4.90 Å². The Morgan fingerprint density at radius 2 is 1.63 bits per heavy atom. The lowest BCUT2D eigenvalue weighted by Crippen LogP contribution is -2.29. The molecule has 1 unspecified atom stereocenters. The Morgan fingerprint density at radius 3 is 2.27 bits per heavy atom. The molecule has 3 aromatic rings. The van der Waals surface area contributed by atoms with E-state index in [1.165, 1.54) is 59.8 Å². The fraction of sp³-hybridized carbons (Fsp3) is 0.0455. The van der Waals surface area contributed by atoms with Gasteiger partial charge < -0.3 is 5.11 Å². The quantitative estimate of drug-likeness (QED) is 0.345. The number of rotatable bonds is 3. The van der Waals surface area contributed by atoms with E-state index in [-0.39, 0.29) is 21.2 Å². The van der Waals surface area contributed by atoms with Gasteiger partial charge in [-0.15, -0.1) is 0 Å². The number of nitrogens with zero attached hydrogens (tertiary/aromatic N) is 2. The minimum absolute atomic E-state index is 0.117. The SMILES string of the molecule is O=C1C(=O)N(c2ccc(F)cc2)C(c2ccncc2)/C1=C(/O)c1ccc(Cl)c(Cl)c1. The lowest BCUT2D eigenvalue weighted by molar-refractivity contribution is -0.132. The number of benzene rings is 2.